The number of hydrogen-bond donors (Lipinski definition) is 0. The summed E-state index contributed by atoms with van der Waals surface area (Å²) in [5.41, 5.74) is 1.61. The molecule has 0 saturated carbocycles. The van der Waals surface area contributed by atoms with Crippen LogP contribution in [0.2, 0.25) is 0 Å². The second kappa shape index (κ2) is 6.02. The first kappa shape index (κ1) is 13.2. The van der Waals surface area contributed by atoms with Crippen LogP contribution >= 0.6 is 0 Å². The Labute approximate surface area is 102 Å². The van der Waals surface area contributed by atoms with Crippen molar-refractivity contribution in [3.05, 3.63) is 35.4 Å². The standard InChI is InChI=1S/C13H17N3O/c1-15(2)13(17)10-16(3)9-12-7-5-4-6-11(12)8-14/h4-7H,9-10H2,1-3H3. The molecule has 1 amide bonds. The Kier molecular flexibility index (Phi) is 4.68. The van der Waals surface area contributed by atoms with E-state index in [4.69, 9.17) is 5.26 Å². The summed E-state index contributed by atoms with van der Waals surface area (Å²) in [5.74, 6) is 0.0574. The Balaban J connectivity index is 2.66. The smallest absolute Gasteiger partial charge is 0.236 e. The van der Waals surface area contributed by atoms with Crippen LogP contribution in [-0.2, 0) is 11.3 Å². The van der Waals surface area contributed by atoms with Gasteiger partial charge in [0.05, 0.1) is 18.2 Å². The Morgan fingerprint density at radius 3 is 2.53 bits per heavy atom. The van der Waals surface area contributed by atoms with E-state index in [2.05, 4.69) is 6.07 Å². The van der Waals surface area contributed by atoms with Gasteiger partial charge in [0.2, 0.25) is 5.91 Å². The van der Waals surface area contributed by atoms with E-state index in [9.17, 15) is 4.79 Å². The van der Waals surface area contributed by atoms with Crippen molar-refractivity contribution < 1.29 is 4.79 Å². The molecule has 0 spiro atoms. The van der Waals surface area contributed by atoms with E-state index in [1.165, 1.54) is 0 Å². The van der Waals surface area contributed by atoms with Crippen molar-refractivity contribution in [1.82, 2.24) is 9.80 Å². The average molecular weight is 231 g/mol. The van der Waals surface area contributed by atoms with Gasteiger partial charge in [-0.15, -0.1) is 0 Å². The molecule has 90 valence electrons. The van der Waals surface area contributed by atoms with Gasteiger partial charge in [-0.3, -0.25) is 9.69 Å². The third kappa shape index (κ3) is 3.89. The molecular formula is C13H17N3O. The van der Waals surface area contributed by atoms with E-state index < -0.39 is 0 Å². The van der Waals surface area contributed by atoms with Crippen LogP contribution in [0.15, 0.2) is 24.3 Å². The molecule has 4 heteroatoms. The fourth-order valence-electron chi connectivity index (χ4n) is 1.49. The Morgan fingerprint density at radius 2 is 1.94 bits per heavy atom. The molecule has 0 aliphatic carbocycles. The largest absolute Gasteiger partial charge is 0.348 e. The molecule has 0 N–H and O–H groups in total. The molecule has 0 aliphatic rings. The molecule has 4 nitrogen and oxygen atoms in total. The minimum Gasteiger partial charge on any atom is -0.348 e. The summed E-state index contributed by atoms with van der Waals surface area (Å²) < 4.78 is 0. The fourth-order valence-corrected chi connectivity index (χ4v) is 1.49. The molecule has 0 bridgehead atoms. The van der Waals surface area contributed by atoms with E-state index in [1.54, 1.807) is 25.1 Å². The van der Waals surface area contributed by atoms with Gasteiger partial charge in [0, 0.05) is 20.6 Å². The molecule has 1 aromatic rings. The second-order valence-corrected chi connectivity index (χ2v) is 4.23. The molecule has 0 aromatic heterocycles. The minimum absolute atomic E-state index is 0.0574. The second-order valence-electron chi connectivity index (χ2n) is 4.23. The number of carbonyl (C=O) groups excluding carboxylic acids is 1. The topological polar surface area (TPSA) is 47.3 Å². The number of nitrogens with zero attached hydrogens (tertiary/aromatic N) is 3. The SMILES string of the molecule is CN(CC(=O)N(C)C)Cc1ccccc1C#N. The van der Waals surface area contributed by atoms with Crippen molar-refractivity contribution in [1.29, 1.82) is 5.26 Å². The summed E-state index contributed by atoms with van der Waals surface area (Å²) in [4.78, 5) is 15.0. The van der Waals surface area contributed by atoms with Gasteiger partial charge in [-0.2, -0.15) is 5.26 Å². The number of rotatable bonds is 4. The van der Waals surface area contributed by atoms with Crippen LogP contribution in [0.4, 0.5) is 0 Å². The summed E-state index contributed by atoms with van der Waals surface area (Å²) in [6.45, 7) is 0.954. The van der Waals surface area contributed by atoms with Gasteiger partial charge in [0.1, 0.15) is 0 Å². The zero-order chi connectivity index (χ0) is 12.8. The van der Waals surface area contributed by atoms with Crippen LogP contribution in [0.25, 0.3) is 0 Å². The maximum Gasteiger partial charge on any atom is 0.236 e. The fraction of sp³-hybridized carbons (Fsp3) is 0.385. The van der Waals surface area contributed by atoms with E-state index in [0.29, 0.717) is 18.7 Å². The van der Waals surface area contributed by atoms with Gasteiger partial charge in [0.15, 0.2) is 0 Å². The van der Waals surface area contributed by atoms with Crippen LogP contribution in [0.1, 0.15) is 11.1 Å². The number of carbonyl (C=O) groups is 1. The molecule has 1 aromatic carbocycles. The molecule has 0 aliphatic heterocycles. The van der Waals surface area contributed by atoms with Crippen molar-refractivity contribution in [2.75, 3.05) is 27.7 Å². The lowest BCUT2D eigenvalue weighted by Crippen LogP contribution is -2.34. The maximum absolute atomic E-state index is 11.5. The Morgan fingerprint density at radius 1 is 1.29 bits per heavy atom. The highest BCUT2D eigenvalue weighted by Crippen LogP contribution is 2.09. The number of hydrogen-bond acceptors (Lipinski definition) is 3. The highest BCUT2D eigenvalue weighted by Gasteiger charge is 2.10. The lowest BCUT2D eigenvalue weighted by atomic mass is 10.1. The summed E-state index contributed by atoms with van der Waals surface area (Å²) >= 11 is 0. The predicted octanol–water partition coefficient (Wildman–Crippen LogP) is 1.08. The molecule has 0 heterocycles. The number of likely N-dealkylation sites (N-methyl/N-ethyl adjacent to an activating group) is 2. The Bertz CT molecular complexity index is 435. The predicted molar refractivity (Wildman–Crippen MR) is 66.2 cm³/mol. The third-order valence-electron chi connectivity index (χ3n) is 2.48. The molecule has 0 atom stereocenters. The molecule has 17 heavy (non-hydrogen) atoms. The van der Waals surface area contributed by atoms with Crippen LogP contribution in [0.3, 0.4) is 0 Å². The van der Waals surface area contributed by atoms with Crippen molar-refractivity contribution in [3.63, 3.8) is 0 Å². The van der Waals surface area contributed by atoms with Crippen LogP contribution < -0.4 is 0 Å². The van der Waals surface area contributed by atoms with Gasteiger partial charge >= 0.3 is 0 Å². The van der Waals surface area contributed by atoms with Gasteiger partial charge in [0.25, 0.3) is 0 Å². The quantitative estimate of drug-likeness (QED) is 0.779. The molecule has 0 radical (unpaired) electrons. The number of amides is 1. The van der Waals surface area contributed by atoms with E-state index in [-0.39, 0.29) is 5.91 Å². The summed E-state index contributed by atoms with van der Waals surface area (Å²) in [5, 5.41) is 8.96. The third-order valence-corrected chi connectivity index (χ3v) is 2.48. The van der Waals surface area contributed by atoms with Gasteiger partial charge < -0.3 is 4.90 Å². The van der Waals surface area contributed by atoms with Crippen molar-refractivity contribution in [3.8, 4) is 6.07 Å². The Hall–Kier alpha value is -1.86. The minimum atomic E-state index is 0.0574. The van der Waals surface area contributed by atoms with Crippen LogP contribution in [0, 0.1) is 11.3 Å². The van der Waals surface area contributed by atoms with Crippen LogP contribution in [-0.4, -0.2) is 43.4 Å². The monoisotopic (exact) mass is 231 g/mol. The summed E-state index contributed by atoms with van der Waals surface area (Å²) in [6.07, 6.45) is 0. The van der Waals surface area contributed by atoms with Gasteiger partial charge in [-0.1, -0.05) is 18.2 Å². The molecular weight excluding hydrogens is 214 g/mol. The van der Waals surface area contributed by atoms with E-state index in [1.807, 2.05) is 30.1 Å². The first-order chi connectivity index (χ1) is 8.04. The first-order valence-corrected chi connectivity index (χ1v) is 5.41. The van der Waals surface area contributed by atoms with Gasteiger partial charge in [-0.25, -0.2) is 0 Å². The van der Waals surface area contributed by atoms with Crippen molar-refractivity contribution in [2.24, 2.45) is 0 Å². The maximum atomic E-state index is 11.5. The lowest BCUT2D eigenvalue weighted by Gasteiger charge is -2.19. The number of benzene rings is 1. The molecule has 0 unspecified atom stereocenters. The highest BCUT2D eigenvalue weighted by molar-refractivity contribution is 5.77. The van der Waals surface area contributed by atoms with E-state index >= 15 is 0 Å². The molecule has 1 rings (SSSR count). The summed E-state index contributed by atoms with van der Waals surface area (Å²) in [6, 6.07) is 9.60. The number of nitriles is 1. The van der Waals surface area contributed by atoms with E-state index in [0.717, 1.165) is 5.56 Å². The zero-order valence-corrected chi connectivity index (χ0v) is 10.5. The van der Waals surface area contributed by atoms with Crippen LogP contribution in [0.5, 0.6) is 0 Å². The van der Waals surface area contributed by atoms with Gasteiger partial charge in [-0.05, 0) is 18.7 Å². The first-order valence-electron chi connectivity index (χ1n) is 5.41. The normalized spacial score (nSPS) is 10.1. The van der Waals surface area contributed by atoms with Crippen molar-refractivity contribution >= 4 is 5.91 Å². The highest BCUT2D eigenvalue weighted by atomic mass is 16.2. The lowest BCUT2D eigenvalue weighted by molar-refractivity contribution is -0.129. The summed E-state index contributed by atoms with van der Waals surface area (Å²) in [7, 11) is 5.34. The average Bonchev–Trinajstić information content (AvgIpc) is 2.29. The molecule has 0 fully saturated rings. The zero-order valence-electron chi connectivity index (χ0n) is 10.5. The van der Waals surface area contributed by atoms with Crippen molar-refractivity contribution in [2.45, 2.75) is 6.54 Å². The molecule has 0 saturated heterocycles.